The summed E-state index contributed by atoms with van der Waals surface area (Å²) in [5.41, 5.74) is 0. The SMILES string of the molecule is CN1C[C@H]2C=C[C@@H]1[C@H](O)C2. The van der Waals surface area contributed by atoms with Crippen molar-refractivity contribution in [2.45, 2.75) is 18.6 Å². The molecule has 0 aromatic heterocycles. The fraction of sp³-hybridized carbons (Fsp3) is 0.750. The molecule has 3 aliphatic rings. The van der Waals surface area contributed by atoms with Gasteiger partial charge in [0, 0.05) is 6.54 Å². The first-order chi connectivity index (χ1) is 4.77. The van der Waals surface area contributed by atoms with E-state index in [-0.39, 0.29) is 6.10 Å². The first-order valence-corrected chi connectivity index (χ1v) is 3.84. The van der Waals surface area contributed by atoms with Gasteiger partial charge in [-0.3, -0.25) is 4.90 Å². The third-order valence-corrected chi connectivity index (χ3v) is 2.55. The van der Waals surface area contributed by atoms with E-state index in [1.165, 1.54) is 0 Å². The summed E-state index contributed by atoms with van der Waals surface area (Å²) < 4.78 is 0. The van der Waals surface area contributed by atoms with Gasteiger partial charge in [-0.1, -0.05) is 12.2 Å². The van der Waals surface area contributed by atoms with Gasteiger partial charge < -0.3 is 5.11 Å². The summed E-state index contributed by atoms with van der Waals surface area (Å²) in [6, 6.07) is 0.296. The molecular weight excluding hydrogens is 126 g/mol. The van der Waals surface area contributed by atoms with E-state index in [9.17, 15) is 5.11 Å². The van der Waals surface area contributed by atoms with Crippen LogP contribution in [0.4, 0.5) is 0 Å². The number of aliphatic hydroxyl groups excluding tert-OH is 1. The Kier molecular flexibility index (Phi) is 1.32. The van der Waals surface area contributed by atoms with E-state index >= 15 is 0 Å². The second kappa shape index (κ2) is 2.07. The summed E-state index contributed by atoms with van der Waals surface area (Å²) >= 11 is 0. The fourth-order valence-electron chi connectivity index (χ4n) is 2.00. The minimum Gasteiger partial charge on any atom is -0.391 e. The number of fused-ring (bicyclic) bond motifs is 2. The smallest absolute Gasteiger partial charge is 0.0737 e. The van der Waals surface area contributed by atoms with E-state index < -0.39 is 0 Å². The molecule has 2 bridgehead atoms. The van der Waals surface area contributed by atoms with Crippen LogP contribution in [0.2, 0.25) is 0 Å². The number of rotatable bonds is 0. The first-order valence-electron chi connectivity index (χ1n) is 3.84. The van der Waals surface area contributed by atoms with Crippen molar-refractivity contribution in [2.75, 3.05) is 13.6 Å². The average molecular weight is 139 g/mol. The van der Waals surface area contributed by atoms with Crippen molar-refractivity contribution in [3.63, 3.8) is 0 Å². The van der Waals surface area contributed by atoms with Crippen LogP contribution in [0, 0.1) is 5.92 Å². The zero-order chi connectivity index (χ0) is 7.14. The van der Waals surface area contributed by atoms with E-state index in [1.54, 1.807) is 0 Å². The summed E-state index contributed by atoms with van der Waals surface area (Å²) in [4.78, 5) is 2.22. The molecule has 3 atom stereocenters. The molecule has 56 valence electrons. The van der Waals surface area contributed by atoms with Gasteiger partial charge in [-0.2, -0.15) is 0 Å². The van der Waals surface area contributed by atoms with Gasteiger partial charge in [-0.05, 0) is 19.4 Å². The molecule has 1 saturated heterocycles. The van der Waals surface area contributed by atoms with E-state index in [0.717, 1.165) is 13.0 Å². The fourth-order valence-corrected chi connectivity index (χ4v) is 2.00. The Labute approximate surface area is 61.1 Å². The number of aliphatic hydroxyl groups is 1. The lowest BCUT2D eigenvalue weighted by atomic mass is 9.84. The lowest BCUT2D eigenvalue weighted by molar-refractivity contribution is 0.0201. The van der Waals surface area contributed by atoms with Crippen LogP contribution in [0.1, 0.15) is 6.42 Å². The predicted molar refractivity (Wildman–Crippen MR) is 39.7 cm³/mol. The molecule has 0 aromatic rings. The summed E-state index contributed by atoms with van der Waals surface area (Å²) in [5, 5.41) is 9.48. The largest absolute Gasteiger partial charge is 0.391 e. The molecule has 1 fully saturated rings. The molecule has 2 aliphatic heterocycles. The molecule has 10 heavy (non-hydrogen) atoms. The van der Waals surface area contributed by atoms with Crippen molar-refractivity contribution in [1.29, 1.82) is 0 Å². The summed E-state index contributed by atoms with van der Waals surface area (Å²) in [5.74, 6) is 0.602. The highest BCUT2D eigenvalue weighted by atomic mass is 16.3. The van der Waals surface area contributed by atoms with Gasteiger partial charge in [0.05, 0.1) is 12.1 Å². The first kappa shape index (κ1) is 6.38. The Morgan fingerprint density at radius 2 is 2.30 bits per heavy atom. The van der Waals surface area contributed by atoms with Crippen LogP contribution in [-0.4, -0.2) is 35.7 Å². The van der Waals surface area contributed by atoms with Crippen molar-refractivity contribution in [3.8, 4) is 0 Å². The molecule has 0 unspecified atom stereocenters. The Bertz CT molecular complexity index is 155. The van der Waals surface area contributed by atoms with E-state index in [1.807, 2.05) is 0 Å². The molecule has 0 saturated carbocycles. The molecule has 1 aliphatic carbocycles. The molecule has 3 rings (SSSR count). The van der Waals surface area contributed by atoms with Crippen molar-refractivity contribution in [2.24, 2.45) is 5.92 Å². The van der Waals surface area contributed by atoms with Crippen molar-refractivity contribution < 1.29 is 5.11 Å². The zero-order valence-corrected chi connectivity index (χ0v) is 6.20. The van der Waals surface area contributed by atoms with Crippen LogP contribution in [0.25, 0.3) is 0 Å². The minimum absolute atomic E-state index is 0.117. The van der Waals surface area contributed by atoms with E-state index in [2.05, 4.69) is 24.1 Å². The van der Waals surface area contributed by atoms with Crippen LogP contribution in [0.3, 0.4) is 0 Å². The van der Waals surface area contributed by atoms with Gasteiger partial charge in [0.15, 0.2) is 0 Å². The summed E-state index contributed by atoms with van der Waals surface area (Å²) in [6.07, 6.45) is 5.21. The molecule has 2 heterocycles. The van der Waals surface area contributed by atoms with Gasteiger partial charge in [0.2, 0.25) is 0 Å². The maximum Gasteiger partial charge on any atom is 0.0737 e. The summed E-state index contributed by atoms with van der Waals surface area (Å²) in [7, 11) is 2.07. The second-order valence-electron chi connectivity index (χ2n) is 3.38. The molecule has 0 aromatic carbocycles. The van der Waals surface area contributed by atoms with Crippen molar-refractivity contribution in [1.82, 2.24) is 4.90 Å². The molecule has 0 amide bonds. The highest BCUT2D eigenvalue weighted by Crippen LogP contribution is 2.28. The van der Waals surface area contributed by atoms with Crippen LogP contribution in [-0.2, 0) is 0 Å². The highest BCUT2D eigenvalue weighted by Gasteiger charge is 2.33. The Hall–Kier alpha value is -0.340. The van der Waals surface area contributed by atoms with Crippen LogP contribution < -0.4 is 0 Å². The molecule has 2 heteroatoms. The Balaban J connectivity index is 2.22. The third-order valence-electron chi connectivity index (χ3n) is 2.55. The highest BCUT2D eigenvalue weighted by molar-refractivity contribution is 5.11. The predicted octanol–water partition coefficient (Wildman–Crippen LogP) is 0.237. The summed E-state index contributed by atoms with van der Waals surface area (Å²) in [6.45, 7) is 1.12. The Morgan fingerprint density at radius 3 is 2.70 bits per heavy atom. The standard InChI is InChI=1S/C8H13NO/c1-9-5-6-2-3-7(9)8(10)4-6/h2-3,6-8,10H,4-5H2,1H3/t6-,7+,8+/m0/s1. The van der Waals surface area contributed by atoms with Gasteiger partial charge >= 0.3 is 0 Å². The molecule has 0 spiro atoms. The molecule has 1 N–H and O–H groups in total. The number of nitrogens with zero attached hydrogens (tertiary/aromatic N) is 1. The van der Waals surface area contributed by atoms with Crippen molar-refractivity contribution in [3.05, 3.63) is 12.2 Å². The van der Waals surface area contributed by atoms with Gasteiger partial charge in [0.1, 0.15) is 0 Å². The monoisotopic (exact) mass is 139 g/mol. The molecular formula is C8H13NO. The van der Waals surface area contributed by atoms with Crippen LogP contribution in [0.5, 0.6) is 0 Å². The van der Waals surface area contributed by atoms with Gasteiger partial charge in [-0.25, -0.2) is 0 Å². The maximum absolute atomic E-state index is 9.48. The van der Waals surface area contributed by atoms with Gasteiger partial charge in [-0.15, -0.1) is 0 Å². The Morgan fingerprint density at radius 1 is 1.50 bits per heavy atom. The van der Waals surface area contributed by atoms with E-state index in [4.69, 9.17) is 0 Å². The van der Waals surface area contributed by atoms with Crippen molar-refractivity contribution >= 4 is 0 Å². The number of likely N-dealkylation sites (N-methyl/N-ethyl adjacent to an activating group) is 1. The topological polar surface area (TPSA) is 23.5 Å². The second-order valence-corrected chi connectivity index (χ2v) is 3.38. The lowest BCUT2D eigenvalue weighted by Gasteiger charge is -2.42. The minimum atomic E-state index is -0.117. The van der Waals surface area contributed by atoms with E-state index in [0.29, 0.717) is 12.0 Å². The molecule has 2 nitrogen and oxygen atoms in total. The third kappa shape index (κ3) is 0.796. The number of hydrogen-bond acceptors (Lipinski definition) is 2. The maximum atomic E-state index is 9.48. The zero-order valence-electron chi connectivity index (χ0n) is 6.20. The normalized spacial score (nSPS) is 46.4. The quantitative estimate of drug-likeness (QED) is 0.486. The number of hydrogen-bond donors (Lipinski definition) is 1. The number of piperidine rings is 1. The lowest BCUT2D eigenvalue weighted by Crippen LogP contribution is -2.50. The molecule has 0 radical (unpaired) electrons. The average Bonchev–Trinajstić information content (AvgIpc) is 1.86. The van der Waals surface area contributed by atoms with Crippen LogP contribution >= 0.6 is 0 Å². The van der Waals surface area contributed by atoms with Gasteiger partial charge in [0.25, 0.3) is 0 Å². The van der Waals surface area contributed by atoms with Crippen LogP contribution in [0.15, 0.2) is 12.2 Å².